The van der Waals surface area contributed by atoms with Gasteiger partial charge in [0.25, 0.3) is 0 Å². The molecule has 0 aliphatic heterocycles. The Labute approximate surface area is 196 Å². The van der Waals surface area contributed by atoms with Crippen LogP contribution in [0.1, 0.15) is 61.6 Å². The van der Waals surface area contributed by atoms with E-state index < -0.39 is 0 Å². The van der Waals surface area contributed by atoms with Crippen LogP contribution in [0, 0.1) is 31.7 Å². The average Bonchev–Trinajstić information content (AvgIpc) is 2.59. The molecule has 124 valence electrons. The van der Waals surface area contributed by atoms with Crippen LogP contribution in [0.2, 0.25) is 0 Å². The summed E-state index contributed by atoms with van der Waals surface area (Å²) in [5.74, 6) is 1.80. The number of aryl methyl sites for hydroxylation is 1. The third-order valence-corrected chi connectivity index (χ3v) is 5.94. The van der Waals surface area contributed by atoms with Crippen LogP contribution < -0.4 is 58.2 Å². The molecule has 1 fully saturated rings. The largest absolute Gasteiger partial charge is 1.00 e. The maximum absolute atomic E-state index is 5.17. The Hall–Kier alpha value is 0.305. The zero-order valence-corrected chi connectivity index (χ0v) is 20.7. The number of ether oxygens (including phenoxy) is 1. The van der Waals surface area contributed by atoms with E-state index >= 15 is 0 Å². The number of hydrogen-bond acceptors (Lipinski definition) is 1. The summed E-state index contributed by atoms with van der Waals surface area (Å²) in [6.45, 7) is 4.40. The van der Waals surface area contributed by atoms with Gasteiger partial charge in [0, 0.05) is 0 Å². The first-order chi connectivity index (χ1) is 11.2. The van der Waals surface area contributed by atoms with Crippen molar-refractivity contribution in [3.8, 4) is 0 Å². The monoisotopic (exact) mass is 394 g/mol. The van der Waals surface area contributed by atoms with Gasteiger partial charge in [-0.25, -0.2) is 0 Å². The molecule has 0 spiro atoms. The number of methoxy groups -OCH3 is 1. The van der Waals surface area contributed by atoms with Crippen molar-refractivity contribution in [2.24, 2.45) is 11.8 Å². The van der Waals surface area contributed by atoms with Gasteiger partial charge in [0.05, 0.1) is 13.4 Å². The Morgan fingerprint density at radius 2 is 1.79 bits per heavy atom. The summed E-state index contributed by atoms with van der Waals surface area (Å²) < 4.78 is 5.17. The average molecular weight is 395 g/mol. The molecule has 1 aromatic carbocycles. The van der Waals surface area contributed by atoms with Crippen LogP contribution in [0.25, 0.3) is 5.57 Å². The van der Waals surface area contributed by atoms with Crippen LogP contribution in [0.3, 0.4) is 0 Å². The smallest absolute Gasteiger partial charge is 0.504 e. The van der Waals surface area contributed by atoms with Gasteiger partial charge in [0.1, 0.15) is 0 Å². The summed E-state index contributed by atoms with van der Waals surface area (Å²) >= 11 is 0. The third-order valence-electron chi connectivity index (χ3n) is 5.94. The molecule has 2 heteroatoms. The fourth-order valence-electron chi connectivity index (χ4n) is 4.33. The molecule has 2 aliphatic carbocycles. The molecular weight excluding hydrogens is 366 g/mol. The summed E-state index contributed by atoms with van der Waals surface area (Å²) in [5, 5.41) is 0. The van der Waals surface area contributed by atoms with Gasteiger partial charge in [-0.2, -0.15) is 23.8 Å². The van der Waals surface area contributed by atoms with E-state index in [2.05, 4.69) is 38.1 Å². The molecule has 0 N–H and O–H groups in total. The zero-order valence-electron chi connectivity index (χ0n) is 15.8. The van der Waals surface area contributed by atoms with Crippen molar-refractivity contribution in [3.05, 3.63) is 52.8 Å². The molecule has 0 heterocycles. The van der Waals surface area contributed by atoms with E-state index in [4.69, 9.17) is 4.74 Å². The Balaban J connectivity index is 0.00000208. The van der Waals surface area contributed by atoms with E-state index in [-0.39, 0.29) is 58.2 Å². The van der Waals surface area contributed by atoms with E-state index in [1.165, 1.54) is 67.2 Å². The molecule has 1 saturated carbocycles. The second-order valence-electron chi connectivity index (χ2n) is 7.25. The van der Waals surface area contributed by atoms with Gasteiger partial charge in [-0.3, -0.25) is 0 Å². The predicted molar refractivity (Wildman–Crippen MR) is 97.1 cm³/mol. The van der Waals surface area contributed by atoms with E-state index in [9.17, 15) is 0 Å². The zero-order chi connectivity index (χ0) is 16.2. The van der Waals surface area contributed by atoms with Gasteiger partial charge in [0.2, 0.25) is 0 Å². The van der Waals surface area contributed by atoms with Crippen molar-refractivity contribution < 1.29 is 62.9 Å². The minimum atomic E-state index is 0. The van der Waals surface area contributed by atoms with Crippen LogP contribution >= 0.6 is 0 Å². The van der Waals surface area contributed by atoms with Gasteiger partial charge < -0.3 is 4.74 Å². The topological polar surface area (TPSA) is 9.23 Å². The van der Waals surface area contributed by atoms with E-state index in [1.807, 2.05) is 6.26 Å². The van der Waals surface area contributed by atoms with Crippen molar-refractivity contribution in [3.63, 3.8) is 0 Å². The van der Waals surface area contributed by atoms with Gasteiger partial charge in [0.15, 0.2) is 0 Å². The summed E-state index contributed by atoms with van der Waals surface area (Å²) in [6.07, 6.45) is 13.5. The number of rotatable bonds is 3. The van der Waals surface area contributed by atoms with Crippen molar-refractivity contribution >= 4 is 5.57 Å². The molecule has 0 amide bonds. The molecule has 1 unspecified atom stereocenters. The molecule has 24 heavy (non-hydrogen) atoms. The normalized spacial score (nSPS) is 24.0. The Bertz CT molecular complexity index is 604. The molecule has 2 aliphatic rings. The van der Waals surface area contributed by atoms with Gasteiger partial charge in [-0.1, -0.05) is 25.5 Å². The quantitative estimate of drug-likeness (QED) is 0.565. The molecule has 0 radical (unpaired) electrons. The molecule has 0 saturated heterocycles. The van der Waals surface area contributed by atoms with Crippen LogP contribution in [0.4, 0.5) is 0 Å². The van der Waals surface area contributed by atoms with Crippen LogP contribution in [-0.2, 0) is 4.74 Å². The predicted octanol–water partition coefficient (Wildman–Crippen LogP) is 3.01. The first-order valence-electron chi connectivity index (χ1n) is 9.07. The standard InChI is InChI=1S/C22H29O.Rb/c1-16-5-4-6-22(17(16)2)21-13-11-20(12-14-21)19-9-7-18(8-10-19)15-23-3;/h4,6,13,15,19-20H,7-12,14H2,1-3H3;/q-1;+1. The second kappa shape index (κ2) is 9.85. The maximum atomic E-state index is 5.17. The van der Waals surface area contributed by atoms with Crippen LogP contribution in [-0.4, -0.2) is 7.11 Å². The first-order valence-corrected chi connectivity index (χ1v) is 9.07. The first kappa shape index (κ1) is 20.6. The van der Waals surface area contributed by atoms with Gasteiger partial charge in [-0.15, -0.1) is 11.1 Å². The fourth-order valence-corrected chi connectivity index (χ4v) is 4.33. The van der Waals surface area contributed by atoms with E-state index in [0.29, 0.717) is 0 Å². The molecular formula is C22H29ORb. The van der Waals surface area contributed by atoms with Gasteiger partial charge in [-0.05, 0) is 62.4 Å². The number of allylic oxidation sites excluding steroid dienone is 3. The second-order valence-corrected chi connectivity index (χ2v) is 7.25. The molecule has 0 aromatic heterocycles. The molecule has 3 rings (SSSR count). The number of benzene rings is 1. The summed E-state index contributed by atoms with van der Waals surface area (Å²) in [7, 11) is 1.76. The Kier molecular flexibility index (Phi) is 8.46. The summed E-state index contributed by atoms with van der Waals surface area (Å²) in [6, 6.07) is 7.64. The van der Waals surface area contributed by atoms with E-state index in [1.54, 1.807) is 12.7 Å². The SMILES string of the molecule is COC=C1CCC(C2CC=C(c3cc[c-]c(C)c3C)CC2)CC1.[Rb+]. The van der Waals surface area contributed by atoms with Gasteiger partial charge >= 0.3 is 58.2 Å². The Morgan fingerprint density at radius 1 is 1.08 bits per heavy atom. The van der Waals surface area contributed by atoms with Crippen molar-refractivity contribution in [1.82, 2.24) is 0 Å². The van der Waals surface area contributed by atoms with Crippen LogP contribution in [0.15, 0.2) is 30.0 Å². The molecule has 0 bridgehead atoms. The minimum absolute atomic E-state index is 0. The summed E-state index contributed by atoms with van der Waals surface area (Å²) in [5.41, 5.74) is 7.21. The van der Waals surface area contributed by atoms with E-state index in [0.717, 1.165) is 11.8 Å². The number of hydrogen-bond donors (Lipinski definition) is 0. The molecule has 1 aromatic rings. The van der Waals surface area contributed by atoms with Crippen LogP contribution in [0.5, 0.6) is 0 Å². The fraction of sp³-hybridized carbons (Fsp3) is 0.545. The minimum Gasteiger partial charge on any atom is -0.504 e. The molecule has 1 atom stereocenters. The summed E-state index contributed by atoms with van der Waals surface area (Å²) in [4.78, 5) is 0. The van der Waals surface area contributed by atoms with Crippen molar-refractivity contribution in [2.75, 3.05) is 7.11 Å². The maximum Gasteiger partial charge on any atom is 1.00 e. The van der Waals surface area contributed by atoms with Crippen molar-refractivity contribution in [2.45, 2.75) is 58.8 Å². The third kappa shape index (κ3) is 4.93. The van der Waals surface area contributed by atoms with Crippen molar-refractivity contribution in [1.29, 1.82) is 0 Å². The molecule has 1 nitrogen and oxygen atoms in total. The Morgan fingerprint density at radius 3 is 2.42 bits per heavy atom.